The highest BCUT2D eigenvalue weighted by atomic mass is 15.0. The van der Waals surface area contributed by atoms with Crippen LogP contribution in [0.3, 0.4) is 0 Å². The largest absolute Gasteiger partial charge is 0.313 e. The molecule has 0 unspecified atom stereocenters. The summed E-state index contributed by atoms with van der Waals surface area (Å²) in [6, 6.07) is 81.4. The first-order chi connectivity index (χ1) is 31.6. The minimum atomic E-state index is -0.577. The molecular weight excluding hydrogens is 771 g/mol. The molecule has 13 rings (SSSR count). The van der Waals surface area contributed by atoms with E-state index in [4.69, 9.17) is 0 Å². The lowest BCUT2D eigenvalue weighted by molar-refractivity contribution is 0.634. The minimum Gasteiger partial charge on any atom is -0.313 e. The lowest BCUT2D eigenvalue weighted by Gasteiger charge is -2.49. The summed E-state index contributed by atoms with van der Waals surface area (Å²) in [5, 5.41) is 2.48. The van der Waals surface area contributed by atoms with Crippen molar-refractivity contribution in [2.45, 2.75) is 17.8 Å². The second-order valence-electron chi connectivity index (χ2n) is 17.6. The normalized spacial score (nSPS) is 14.8. The molecule has 0 saturated carbocycles. The standard InChI is InChI=1S/C63H43N/c1-41(43-21-5-3-6-22-43)37-45(44-23-7-4-8-24-44)38-42(2)64-60-36-20-13-29-50(60)51-39-58-59(40-61(51)64)63(54-32-16-11-27-48(54)49-28-12-17-33-55(49)63)57-35-19-18-34-56(57)62(58)52-30-14-9-25-46(52)47-26-10-15-31-53(47)62/h3-40H,1H2,2H3/b42-38+,45-37+. The zero-order valence-electron chi connectivity index (χ0n) is 35.6. The quantitative estimate of drug-likeness (QED) is 0.153. The Bertz CT molecular complexity index is 3540. The maximum absolute atomic E-state index is 4.56. The van der Waals surface area contributed by atoms with E-state index in [9.17, 15) is 0 Å². The van der Waals surface area contributed by atoms with Crippen molar-refractivity contribution < 1.29 is 0 Å². The predicted octanol–water partition coefficient (Wildman–Crippen LogP) is 15.5. The second kappa shape index (κ2) is 13.8. The number of aromatic nitrogens is 1. The molecule has 1 nitrogen and oxygen atoms in total. The van der Waals surface area contributed by atoms with E-state index >= 15 is 0 Å². The van der Waals surface area contributed by atoms with Crippen LogP contribution in [0.2, 0.25) is 0 Å². The molecule has 300 valence electrons. The fourth-order valence-corrected chi connectivity index (χ4v) is 12.1. The summed E-state index contributed by atoms with van der Waals surface area (Å²) in [6.45, 7) is 6.83. The Morgan fingerprint density at radius 1 is 0.375 bits per heavy atom. The van der Waals surface area contributed by atoms with Crippen molar-refractivity contribution >= 4 is 38.6 Å². The molecule has 1 heterocycles. The van der Waals surface area contributed by atoms with Gasteiger partial charge in [-0.1, -0.05) is 207 Å². The molecule has 3 aliphatic carbocycles. The van der Waals surface area contributed by atoms with Crippen molar-refractivity contribution in [2.24, 2.45) is 0 Å². The third kappa shape index (κ3) is 4.79. The van der Waals surface area contributed by atoms with Gasteiger partial charge in [0.15, 0.2) is 0 Å². The Balaban J connectivity index is 1.18. The van der Waals surface area contributed by atoms with Crippen molar-refractivity contribution in [3.63, 3.8) is 0 Å². The molecule has 64 heavy (non-hydrogen) atoms. The third-order valence-electron chi connectivity index (χ3n) is 14.6. The lowest BCUT2D eigenvalue weighted by Crippen LogP contribution is -2.43. The van der Waals surface area contributed by atoms with Gasteiger partial charge in [-0.25, -0.2) is 0 Å². The first-order valence-electron chi connectivity index (χ1n) is 22.4. The number of hydrogen-bond donors (Lipinski definition) is 0. The average molecular weight is 814 g/mol. The number of hydrogen-bond acceptors (Lipinski definition) is 0. The Labute approximate surface area is 374 Å². The Morgan fingerprint density at radius 2 is 0.781 bits per heavy atom. The number of nitrogens with zero attached hydrogens (tertiary/aromatic N) is 1. The number of fused-ring (bicyclic) bond motifs is 19. The number of para-hydroxylation sites is 1. The molecule has 0 N–H and O–H groups in total. The van der Waals surface area contributed by atoms with Crippen LogP contribution in [-0.2, 0) is 10.8 Å². The van der Waals surface area contributed by atoms with Gasteiger partial charge in [0, 0.05) is 16.5 Å². The Morgan fingerprint density at radius 3 is 1.30 bits per heavy atom. The van der Waals surface area contributed by atoms with Crippen LogP contribution in [0.25, 0.3) is 60.9 Å². The summed E-state index contributed by atoms with van der Waals surface area (Å²) in [5.74, 6) is 0. The van der Waals surface area contributed by atoms with E-state index in [0.717, 1.165) is 28.0 Å². The summed E-state index contributed by atoms with van der Waals surface area (Å²) in [6.07, 6.45) is 4.59. The van der Waals surface area contributed by atoms with Crippen LogP contribution >= 0.6 is 0 Å². The molecular formula is C63H43N. The molecule has 9 aromatic carbocycles. The van der Waals surface area contributed by atoms with Crippen molar-refractivity contribution in [3.8, 4) is 22.3 Å². The minimum absolute atomic E-state index is 0.555. The zero-order chi connectivity index (χ0) is 42.6. The molecule has 0 radical (unpaired) electrons. The molecule has 0 aliphatic heterocycles. The average Bonchev–Trinajstić information content (AvgIpc) is 3.96. The summed E-state index contributed by atoms with van der Waals surface area (Å²) in [4.78, 5) is 0. The highest BCUT2D eigenvalue weighted by Gasteiger charge is 2.59. The van der Waals surface area contributed by atoms with Crippen LogP contribution in [-0.4, -0.2) is 4.57 Å². The molecule has 0 bridgehead atoms. The SMILES string of the molecule is C=C(/C=C(\C=C(/C)n1c2ccccc2c2cc3c(cc21)C1(c2ccccc2-c2ccccc21)c1ccccc1C31c2ccccc2-c2ccccc21)c1ccccc1)c1ccccc1. The van der Waals surface area contributed by atoms with Gasteiger partial charge >= 0.3 is 0 Å². The second-order valence-corrected chi connectivity index (χ2v) is 17.6. The predicted molar refractivity (Wildman–Crippen MR) is 267 cm³/mol. The van der Waals surface area contributed by atoms with E-state index in [1.807, 2.05) is 0 Å². The van der Waals surface area contributed by atoms with E-state index in [1.54, 1.807) is 0 Å². The molecule has 0 fully saturated rings. The van der Waals surface area contributed by atoms with Crippen LogP contribution < -0.4 is 0 Å². The molecule has 0 atom stereocenters. The Hall–Kier alpha value is -8.00. The molecule has 1 heteroatoms. The van der Waals surface area contributed by atoms with Crippen molar-refractivity contribution in [2.75, 3.05) is 0 Å². The van der Waals surface area contributed by atoms with Gasteiger partial charge in [0.05, 0.1) is 21.9 Å². The number of allylic oxidation sites excluding steroid dienone is 5. The number of rotatable bonds is 5. The van der Waals surface area contributed by atoms with E-state index in [1.165, 1.54) is 88.6 Å². The first kappa shape index (κ1) is 36.6. The molecule has 10 aromatic rings. The van der Waals surface area contributed by atoms with Crippen molar-refractivity contribution in [1.29, 1.82) is 0 Å². The van der Waals surface area contributed by atoms with Crippen molar-refractivity contribution in [1.82, 2.24) is 4.57 Å². The van der Waals surface area contributed by atoms with Gasteiger partial charge in [0.1, 0.15) is 0 Å². The van der Waals surface area contributed by atoms with Gasteiger partial charge in [-0.3, -0.25) is 0 Å². The van der Waals surface area contributed by atoms with E-state index in [-0.39, 0.29) is 0 Å². The maximum atomic E-state index is 4.56. The summed E-state index contributed by atoms with van der Waals surface area (Å²) in [5.41, 5.74) is 22.6. The third-order valence-corrected chi connectivity index (χ3v) is 14.6. The smallest absolute Gasteiger partial charge is 0.0720 e. The molecule has 0 saturated heterocycles. The van der Waals surface area contributed by atoms with Crippen LogP contribution in [0, 0.1) is 0 Å². The highest BCUT2D eigenvalue weighted by Crippen LogP contribution is 2.68. The molecule has 3 aliphatic rings. The molecule has 0 amide bonds. The zero-order valence-corrected chi connectivity index (χ0v) is 35.6. The van der Waals surface area contributed by atoms with Gasteiger partial charge in [-0.05, 0) is 126 Å². The summed E-state index contributed by atoms with van der Waals surface area (Å²) < 4.78 is 2.51. The van der Waals surface area contributed by atoms with E-state index in [2.05, 4.69) is 249 Å². The topological polar surface area (TPSA) is 4.93 Å². The van der Waals surface area contributed by atoms with Gasteiger partial charge in [0.2, 0.25) is 0 Å². The fraction of sp³-hybridized carbons (Fsp3) is 0.0476. The fourth-order valence-electron chi connectivity index (χ4n) is 12.1. The van der Waals surface area contributed by atoms with Gasteiger partial charge in [-0.2, -0.15) is 0 Å². The lowest BCUT2D eigenvalue weighted by atomic mass is 9.52. The Kier molecular flexibility index (Phi) is 7.87. The van der Waals surface area contributed by atoms with Crippen LogP contribution in [0.15, 0.2) is 237 Å². The van der Waals surface area contributed by atoms with Gasteiger partial charge in [-0.15, -0.1) is 0 Å². The first-order valence-corrected chi connectivity index (χ1v) is 22.4. The molecule has 1 aromatic heterocycles. The molecule has 2 spiro atoms. The van der Waals surface area contributed by atoms with Gasteiger partial charge in [0.25, 0.3) is 0 Å². The summed E-state index contributed by atoms with van der Waals surface area (Å²) >= 11 is 0. The van der Waals surface area contributed by atoms with Crippen molar-refractivity contribution in [3.05, 3.63) is 293 Å². The highest BCUT2D eigenvalue weighted by molar-refractivity contribution is 6.12. The monoisotopic (exact) mass is 813 g/mol. The van der Waals surface area contributed by atoms with Crippen LogP contribution in [0.1, 0.15) is 62.6 Å². The number of benzene rings is 9. The van der Waals surface area contributed by atoms with E-state index < -0.39 is 10.8 Å². The van der Waals surface area contributed by atoms with Crippen LogP contribution in [0.4, 0.5) is 0 Å². The van der Waals surface area contributed by atoms with E-state index in [0.29, 0.717) is 0 Å². The van der Waals surface area contributed by atoms with Crippen LogP contribution in [0.5, 0.6) is 0 Å². The van der Waals surface area contributed by atoms with Gasteiger partial charge < -0.3 is 4.57 Å². The maximum Gasteiger partial charge on any atom is 0.0720 e. The summed E-state index contributed by atoms with van der Waals surface area (Å²) in [7, 11) is 0.